The van der Waals surface area contributed by atoms with Gasteiger partial charge in [0.1, 0.15) is 0 Å². The van der Waals surface area contributed by atoms with Gasteiger partial charge in [0.05, 0.1) is 0 Å². The van der Waals surface area contributed by atoms with Gasteiger partial charge in [-0.1, -0.05) is 12.8 Å². The van der Waals surface area contributed by atoms with Crippen molar-refractivity contribution in [3.63, 3.8) is 0 Å². The Bertz CT molecular complexity index is 694. The number of amides is 4. The van der Waals surface area contributed by atoms with Crippen LogP contribution in [-0.2, 0) is 25.7 Å². The van der Waals surface area contributed by atoms with Crippen molar-refractivity contribution in [3.8, 4) is 0 Å². The van der Waals surface area contributed by atoms with Crippen LogP contribution in [0.4, 0.5) is 0 Å². The molecule has 1 aliphatic heterocycles. The summed E-state index contributed by atoms with van der Waals surface area (Å²) in [6.07, 6.45) is 12.0. The highest BCUT2D eigenvalue weighted by Crippen LogP contribution is 2.08. The zero-order valence-corrected chi connectivity index (χ0v) is 16.7. The van der Waals surface area contributed by atoms with E-state index in [2.05, 4.69) is 15.6 Å². The minimum atomic E-state index is -0.258. The lowest BCUT2D eigenvalue weighted by molar-refractivity contribution is -0.137. The van der Waals surface area contributed by atoms with Gasteiger partial charge < -0.3 is 15.6 Å². The van der Waals surface area contributed by atoms with Gasteiger partial charge in [-0.15, -0.1) is 0 Å². The molecule has 0 fully saturated rings. The highest BCUT2D eigenvalue weighted by Gasteiger charge is 2.22. The molecule has 8 nitrogen and oxygen atoms in total. The number of carbonyl (C=O) groups is 4. The molecule has 2 rings (SSSR count). The third-order valence-electron chi connectivity index (χ3n) is 4.74. The van der Waals surface area contributed by atoms with E-state index in [1.54, 1.807) is 0 Å². The van der Waals surface area contributed by atoms with Crippen molar-refractivity contribution in [1.82, 2.24) is 20.5 Å². The minimum absolute atomic E-state index is 0.0178. The van der Waals surface area contributed by atoms with Crippen LogP contribution in [0.1, 0.15) is 56.9 Å². The standard InChI is InChI=1S/C21H30N4O4/c26-18(7-4-2-6-14-25-20(28)9-10-21(25)29)23-12-5-1-3-8-19(27)24-16-17-11-13-22-15-17/h9-11,13,15,22H,1-8,12,14,16H2,(H,23,26)(H,24,27). The SMILES string of the molecule is O=C(CCCCCN1C(=O)C=CC1=O)NCCCCCC(=O)NCc1cc[nH]c1. The number of unbranched alkanes of at least 4 members (excludes halogenated alkanes) is 4. The molecule has 3 N–H and O–H groups in total. The summed E-state index contributed by atoms with van der Waals surface area (Å²) in [7, 11) is 0. The van der Waals surface area contributed by atoms with Crippen LogP contribution in [0.25, 0.3) is 0 Å². The molecule has 0 saturated carbocycles. The zero-order chi connectivity index (χ0) is 20.9. The topological polar surface area (TPSA) is 111 Å². The van der Waals surface area contributed by atoms with Crippen LogP contribution >= 0.6 is 0 Å². The van der Waals surface area contributed by atoms with Gasteiger partial charge in [-0.05, 0) is 37.3 Å². The van der Waals surface area contributed by atoms with Crippen molar-refractivity contribution >= 4 is 23.6 Å². The van der Waals surface area contributed by atoms with Crippen molar-refractivity contribution in [1.29, 1.82) is 0 Å². The molecule has 8 heteroatoms. The van der Waals surface area contributed by atoms with E-state index in [4.69, 9.17) is 0 Å². The predicted molar refractivity (Wildman–Crippen MR) is 108 cm³/mol. The van der Waals surface area contributed by atoms with Crippen LogP contribution < -0.4 is 10.6 Å². The molecule has 0 radical (unpaired) electrons. The molecule has 0 unspecified atom stereocenters. The molecule has 0 aliphatic carbocycles. The molecule has 2 heterocycles. The van der Waals surface area contributed by atoms with Gasteiger partial charge in [0.25, 0.3) is 11.8 Å². The molecule has 0 bridgehead atoms. The second kappa shape index (κ2) is 12.5. The van der Waals surface area contributed by atoms with Crippen molar-refractivity contribution < 1.29 is 19.2 Å². The number of hydrogen-bond acceptors (Lipinski definition) is 4. The van der Waals surface area contributed by atoms with Gasteiger partial charge in [0.15, 0.2) is 0 Å². The maximum absolute atomic E-state index is 11.8. The molecule has 0 saturated heterocycles. The number of nitrogens with zero attached hydrogens (tertiary/aromatic N) is 1. The average molecular weight is 402 g/mol. The van der Waals surface area contributed by atoms with E-state index in [0.717, 1.165) is 37.7 Å². The van der Waals surface area contributed by atoms with Crippen LogP contribution in [0.3, 0.4) is 0 Å². The molecular formula is C21H30N4O4. The Hall–Kier alpha value is -2.90. The Kier molecular flexibility index (Phi) is 9.68. The molecule has 1 aliphatic rings. The van der Waals surface area contributed by atoms with Crippen LogP contribution in [-0.4, -0.2) is 46.6 Å². The summed E-state index contributed by atoms with van der Waals surface area (Å²) in [5, 5.41) is 5.77. The van der Waals surface area contributed by atoms with Gasteiger partial charge in [-0.3, -0.25) is 24.1 Å². The number of rotatable bonds is 14. The lowest BCUT2D eigenvalue weighted by atomic mass is 10.1. The molecule has 0 aromatic carbocycles. The van der Waals surface area contributed by atoms with E-state index < -0.39 is 0 Å². The van der Waals surface area contributed by atoms with E-state index in [9.17, 15) is 19.2 Å². The van der Waals surface area contributed by atoms with Crippen LogP contribution in [0.2, 0.25) is 0 Å². The smallest absolute Gasteiger partial charge is 0.253 e. The highest BCUT2D eigenvalue weighted by molar-refractivity contribution is 6.12. The maximum atomic E-state index is 11.8. The second-order valence-corrected chi connectivity index (χ2v) is 7.13. The summed E-state index contributed by atoms with van der Waals surface area (Å²) in [6, 6.07) is 1.93. The van der Waals surface area contributed by atoms with E-state index in [0.29, 0.717) is 38.9 Å². The summed E-state index contributed by atoms with van der Waals surface area (Å²) < 4.78 is 0. The van der Waals surface area contributed by atoms with Crippen molar-refractivity contribution in [2.45, 2.75) is 57.9 Å². The minimum Gasteiger partial charge on any atom is -0.367 e. The quantitative estimate of drug-likeness (QED) is 0.325. The van der Waals surface area contributed by atoms with Crippen LogP contribution in [0, 0.1) is 0 Å². The fourth-order valence-corrected chi connectivity index (χ4v) is 3.04. The largest absolute Gasteiger partial charge is 0.367 e. The fraction of sp³-hybridized carbons (Fsp3) is 0.524. The van der Waals surface area contributed by atoms with E-state index >= 15 is 0 Å². The number of nitrogens with one attached hydrogen (secondary N) is 3. The zero-order valence-electron chi connectivity index (χ0n) is 16.7. The van der Waals surface area contributed by atoms with Gasteiger partial charge in [-0.2, -0.15) is 0 Å². The first-order chi connectivity index (χ1) is 14.1. The number of imide groups is 1. The van der Waals surface area contributed by atoms with Crippen molar-refractivity contribution in [3.05, 3.63) is 36.2 Å². The molecule has 1 aromatic heterocycles. The highest BCUT2D eigenvalue weighted by atomic mass is 16.2. The van der Waals surface area contributed by atoms with Gasteiger partial charge >= 0.3 is 0 Å². The normalized spacial score (nSPS) is 13.2. The Balaban J connectivity index is 1.37. The van der Waals surface area contributed by atoms with Crippen LogP contribution in [0.15, 0.2) is 30.6 Å². The number of aromatic nitrogens is 1. The summed E-state index contributed by atoms with van der Waals surface area (Å²) in [5.41, 5.74) is 1.05. The van der Waals surface area contributed by atoms with Gasteiger partial charge in [0.2, 0.25) is 11.8 Å². The molecule has 1 aromatic rings. The third-order valence-corrected chi connectivity index (χ3v) is 4.74. The Morgan fingerprint density at radius 1 is 0.862 bits per heavy atom. The number of hydrogen-bond donors (Lipinski definition) is 3. The number of H-pyrrole nitrogens is 1. The predicted octanol–water partition coefficient (Wildman–Crippen LogP) is 1.79. The Morgan fingerprint density at radius 3 is 2.17 bits per heavy atom. The second-order valence-electron chi connectivity index (χ2n) is 7.13. The van der Waals surface area contributed by atoms with Crippen LogP contribution in [0.5, 0.6) is 0 Å². The Morgan fingerprint density at radius 2 is 1.52 bits per heavy atom. The molecule has 158 valence electrons. The van der Waals surface area contributed by atoms with Gasteiger partial charge in [-0.25, -0.2) is 0 Å². The first-order valence-electron chi connectivity index (χ1n) is 10.2. The molecule has 29 heavy (non-hydrogen) atoms. The Labute approximate surface area is 171 Å². The monoisotopic (exact) mass is 402 g/mol. The lowest BCUT2D eigenvalue weighted by Gasteiger charge is -2.13. The van der Waals surface area contributed by atoms with E-state index in [1.807, 2.05) is 18.5 Å². The van der Waals surface area contributed by atoms with Crippen molar-refractivity contribution in [2.24, 2.45) is 0 Å². The first-order valence-corrected chi connectivity index (χ1v) is 10.2. The number of carbonyl (C=O) groups excluding carboxylic acids is 4. The van der Waals surface area contributed by atoms with E-state index in [-0.39, 0.29) is 23.6 Å². The molecule has 0 atom stereocenters. The molecular weight excluding hydrogens is 372 g/mol. The fourth-order valence-electron chi connectivity index (χ4n) is 3.04. The van der Waals surface area contributed by atoms with E-state index in [1.165, 1.54) is 17.1 Å². The summed E-state index contributed by atoms with van der Waals surface area (Å²) in [6.45, 7) is 1.57. The first kappa shape index (κ1) is 22.4. The molecule has 4 amide bonds. The maximum Gasteiger partial charge on any atom is 0.253 e. The average Bonchev–Trinajstić information content (AvgIpc) is 3.33. The third kappa shape index (κ3) is 8.76. The van der Waals surface area contributed by atoms with Gasteiger partial charge in [0, 0.05) is 57.0 Å². The van der Waals surface area contributed by atoms with Crippen molar-refractivity contribution in [2.75, 3.05) is 13.1 Å². The summed E-state index contributed by atoms with van der Waals surface area (Å²) in [5.74, 6) is -0.454. The number of aromatic amines is 1. The molecule has 0 spiro atoms. The summed E-state index contributed by atoms with van der Waals surface area (Å²) in [4.78, 5) is 50.5. The lowest BCUT2D eigenvalue weighted by Crippen LogP contribution is -2.30. The summed E-state index contributed by atoms with van der Waals surface area (Å²) >= 11 is 0.